The molecule has 2 atom stereocenters. The number of aliphatic hydroxyl groups is 1. The van der Waals surface area contributed by atoms with Crippen LogP contribution in [0.3, 0.4) is 0 Å². The zero-order chi connectivity index (χ0) is 21.6. The Bertz CT molecular complexity index is 913. The first-order chi connectivity index (χ1) is 13.6. The van der Waals surface area contributed by atoms with Crippen LogP contribution in [0.15, 0.2) is 53.4 Å². The van der Waals surface area contributed by atoms with E-state index in [0.717, 1.165) is 9.87 Å². The standard InChI is InChI=1S/C20H26N2O6S/c1-14-4-10-19(11-5-14)29(26,27)22(16-6-8-18(28-3)9-7-16)13-17(23)12-21-15(2)20(24)25/h4-11,15,17,21,23H,12-13H2,1-3H3,(H,24,25). The van der Waals surface area contributed by atoms with Gasteiger partial charge >= 0.3 is 5.97 Å². The molecule has 0 spiro atoms. The molecule has 0 fully saturated rings. The number of hydrogen-bond acceptors (Lipinski definition) is 6. The zero-order valence-electron chi connectivity index (χ0n) is 16.6. The van der Waals surface area contributed by atoms with Crippen molar-refractivity contribution in [1.29, 1.82) is 0 Å². The van der Waals surface area contributed by atoms with Gasteiger partial charge in [-0.1, -0.05) is 17.7 Å². The largest absolute Gasteiger partial charge is 0.497 e. The lowest BCUT2D eigenvalue weighted by atomic mass is 10.2. The van der Waals surface area contributed by atoms with Gasteiger partial charge in [0.05, 0.1) is 30.3 Å². The third kappa shape index (κ3) is 5.93. The lowest BCUT2D eigenvalue weighted by Gasteiger charge is -2.27. The number of carbonyl (C=O) groups is 1. The van der Waals surface area contributed by atoms with E-state index in [-0.39, 0.29) is 18.0 Å². The van der Waals surface area contributed by atoms with E-state index in [9.17, 15) is 18.3 Å². The first kappa shape index (κ1) is 22.7. The van der Waals surface area contributed by atoms with E-state index in [1.807, 2.05) is 6.92 Å². The summed E-state index contributed by atoms with van der Waals surface area (Å²) in [5.41, 5.74) is 1.28. The van der Waals surface area contributed by atoms with Gasteiger partial charge in [0.25, 0.3) is 10.0 Å². The van der Waals surface area contributed by atoms with Gasteiger partial charge in [0.1, 0.15) is 11.8 Å². The van der Waals surface area contributed by atoms with Gasteiger partial charge < -0.3 is 20.3 Å². The van der Waals surface area contributed by atoms with Gasteiger partial charge in [-0.25, -0.2) is 8.42 Å². The lowest BCUT2D eigenvalue weighted by Crippen LogP contribution is -2.45. The molecule has 0 saturated heterocycles. The molecule has 2 aromatic rings. The summed E-state index contributed by atoms with van der Waals surface area (Å²) in [7, 11) is -2.44. The van der Waals surface area contributed by atoms with Crippen LogP contribution in [0.5, 0.6) is 5.75 Å². The summed E-state index contributed by atoms with van der Waals surface area (Å²) in [5, 5.41) is 22.0. The summed E-state index contributed by atoms with van der Waals surface area (Å²) in [6, 6.07) is 12.0. The molecule has 0 heterocycles. The molecule has 8 nitrogen and oxygen atoms in total. The Labute approximate surface area is 170 Å². The van der Waals surface area contributed by atoms with Gasteiger partial charge in [-0.15, -0.1) is 0 Å². The number of carboxylic acids is 1. The molecule has 9 heteroatoms. The van der Waals surface area contributed by atoms with Crippen molar-refractivity contribution in [3.05, 3.63) is 54.1 Å². The Balaban J connectivity index is 2.32. The lowest BCUT2D eigenvalue weighted by molar-refractivity contribution is -0.139. The Morgan fingerprint density at radius 2 is 1.72 bits per heavy atom. The normalized spacial score (nSPS) is 13.5. The number of rotatable bonds is 10. The number of sulfonamides is 1. The predicted octanol–water partition coefficient (Wildman–Crippen LogP) is 1.62. The fourth-order valence-corrected chi connectivity index (χ4v) is 4.09. The molecular formula is C20H26N2O6S. The van der Waals surface area contributed by atoms with Crippen molar-refractivity contribution in [1.82, 2.24) is 5.32 Å². The number of aliphatic carboxylic acids is 1. The van der Waals surface area contributed by atoms with E-state index >= 15 is 0 Å². The number of nitrogens with one attached hydrogen (secondary N) is 1. The third-order valence-electron chi connectivity index (χ3n) is 4.38. The minimum Gasteiger partial charge on any atom is -0.497 e. The van der Waals surface area contributed by atoms with Crippen LogP contribution in [0.25, 0.3) is 0 Å². The van der Waals surface area contributed by atoms with Gasteiger partial charge in [-0.3, -0.25) is 9.10 Å². The summed E-state index contributed by atoms with van der Waals surface area (Å²) < 4.78 is 32.7. The average Bonchev–Trinajstić information content (AvgIpc) is 2.70. The van der Waals surface area contributed by atoms with Crippen LogP contribution in [0, 0.1) is 6.92 Å². The minimum absolute atomic E-state index is 0.0798. The highest BCUT2D eigenvalue weighted by Gasteiger charge is 2.27. The molecule has 0 aliphatic carbocycles. The Hall–Kier alpha value is -2.62. The highest BCUT2D eigenvalue weighted by atomic mass is 32.2. The van der Waals surface area contributed by atoms with E-state index in [4.69, 9.17) is 9.84 Å². The fraction of sp³-hybridized carbons (Fsp3) is 0.350. The summed E-state index contributed by atoms with van der Waals surface area (Å²) >= 11 is 0. The first-order valence-corrected chi connectivity index (χ1v) is 10.5. The van der Waals surface area contributed by atoms with Crippen molar-refractivity contribution in [3.8, 4) is 5.75 Å². The van der Waals surface area contributed by atoms with Gasteiger partial charge in [0.15, 0.2) is 0 Å². The highest BCUT2D eigenvalue weighted by molar-refractivity contribution is 7.92. The average molecular weight is 423 g/mol. The topological polar surface area (TPSA) is 116 Å². The number of anilines is 1. The maximum absolute atomic E-state index is 13.2. The molecule has 0 saturated carbocycles. The van der Waals surface area contributed by atoms with Crippen LogP contribution < -0.4 is 14.4 Å². The molecule has 0 radical (unpaired) electrons. The molecule has 2 aromatic carbocycles. The van der Waals surface area contributed by atoms with Crippen molar-refractivity contribution in [2.24, 2.45) is 0 Å². The van der Waals surface area contributed by atoms with Crippen LogP contribution >= 0.6 is 0 Å². The summed E-state index contributed by atoms with van der Waals surface area (Å²) in [6.45, 7) is 2.97. The number of benzene rings is 2. The maximum atomic E-state index is 13.2. The minimum atomic E-state index is -3.95. The zero-order valence-corrected chi connectivity index (χ0v) is 17.4. The Morgan fingerprint density at radius 3 is 2.24 bits per heavy atom. The smallest absolute Gasteiger partial charge is 0.320 e. The molecule has 0 bridgehead atoms. The second-order valence-corrected chi connectivity index (χ2v) is 8.53. The van der Waals surface area contributed by atoms with E-state index in [1.165, 1.54) is 26.2 Å². The number of carboxylic acid groups (broad SMARTS) is 1. The second-order valence-electron chi connectivity index (χ2n) is 6.67. The number of nitrogens with zero attached hydrogens (tertiary/aromatic N) is 1. The number of aliphatic hydroxyl groups excluding tert-OH is 1. The van der Waals surface area contributed by atoms with Crippen LogP contribution in [0.2, 0.25) is 0 Å². The molecule has 0 aromatic heterocycles. The van der Waals surface area contributed by atoms with Crippen LogP contribution in [-0.4, -0.2) is 56.9 Å². The van der Waals surface area contributed by atoms with Crippen molar-refractivity contribution >= 4 is 21.7 Å². The van der Waals surface area contributed by atoms with Crippen molar-refractivity contribution in [3.63, 3.8) is 0 Å². The van der Waals surface area contributed by atoms with Crippen LogP contribution in [0.1, 0.15) is 12.5 Å². The van der Waals surface area contributed by atoms with E-state index in [1.54, 1.807) is 36.4 Å². The summed E-state index contributed by atoms with van der Waals surface area (Å²) in [6.07, 6.45) is -1.13. The van der Waals surface area contributed by atoms with Crippen LogP contribution in [-0.2, 0) is 14.8 Å². The number of hydrogen-bond donors (Lipinski definition) is 3. The second kappa shape index (κ2) is 9.73. The molecule has 0 aliphatic rings. The third-order valence-corrected chi connectivity index (χ3v) is 6.18. The summed E-state index contributed by atoms with van der Waals surface area (Å²) in [4.78, 5) is 11.0. The SMILES string of the molecule is COc1ccc(N(CC(O)CNC(C)C(=O)O)S(=O)(=O)c2ccc(C)cc2)cc1. The number of aryl methyl sites for hydroxylation is 1. The van der Waals surface area contributed by atoms with Gasteiger partial charge in [0.2, 0.25) is 0 Å². The predicted molar refractivity (Wildman–Crippen MR) is 110 cm³/mol. The highest BCUT2D eigenvalue weighted by Crippen LogP contribution is 2.26. The molecule has 0 aliphatic heterocycles. The Kier molecular flexibility index (Phi) is 7.60. The number of ether oxygens (including phenoxy) is 1. The van der Waals surface area contributed by atoms with Crippen molar-refractivity contribution < 1.29 is 28.2 Å². The fourth-order valence-electron chi connectivity index (χ4n) is 2.58. The van der Waals surface area contributed by atoms with Gasteiger partial charge in [-0.05, 0) is 50.2 Å². The van der Waals surface area contributed by atoms with Gasteiger partial charge in [0, 0.05) is 6.54 Å². The molecule has 29 heavy (non-hydrogen) atoms. The maximum Gasteiger partial charge on any atom is 0.320 e. The first-order valence-electron chi connectivity index (χ1n) is 9.03. The molecule has 3 N–H and O–H groups in total. The number of methoxy groups -OCH3 is 1. The monoisotopic (exact) mass is 422 g/mol. The van der Waals surface area contributed by atoms with Crippen LogP contribution in [0.4, 0.5) is 5.69 Å². The molecule has 2 rings (SSSR count). The van der Waals surface area contributed by atoms with E-state index < -0.39 is 28.1 Å². The van der Waals surface area contributed by atoms with Crippen molar-refractivity contribution in [2.75, 3.05) is 24.5 Å². The van der Waals surface area contributed by atoms with Gasteiger partial charge in [-0.2, -0.15) is 0 Å². The molecule has 158 valence electrons. The molecule has 0 amide bonds. The van der Waals surface area contributed by atoms with Crippen molar-refractivity contribution in [2.45, 2.75) is 30.9 Å². The molecule has 2 unspecified atom stereocenters. The summed E-state index contributed by atoms with van der Waals surface area (Å²) in [5.74, 6) is -0.490. The quantitative estimate of drug-likeness (QED) is 0.533. The van der Waals surface area contributed by atoms with E-state index in [0.29, 0.717) is 11.4 Å². The molecular weight excluding hydrogens is 396 g/mol. The van der Waals surface area contributed by atoms with E-state index in [2.05, 4.69) is 5.32 Å². The Morgan fingerprint density at radius 1 is 1.14 bits per heavy atom.